The summed E-state index contributed by atoms with van der Waals surface area (Å²) in [5.41, 5.74) is 3.84. The zero-order valence-corrected chi connectivity index (χ0v) is 12.5. The summed E-state index contributed by atoms with van der Waals surface area (Å²) in [6, 6.07) is 6.54. The third-order valence-electron chi connectivity index (χ3n) is 3.21. The molecule has 0 unspecified atom stereocenters. The van der Waals surface area contributed by atoms with Crippen molar-refractivity contribution in [2.45, 2.75) is 52.5 Å². The summed E-state index contributed by atoms with van der Waals surface area (Å²) in [6.45, 7) is 9.72. The average Bonchev–Trinajstić information content (AvgIpc) is 2.66. The van der Waals surface area contributed by atoms with E-state index in [0.717, 1.165) is 29.8 Å². The van der Waals surface area contributed by atoms with Crippen LogP contribution in [0.1, 0.15) is 45.0 Å². The quantitative estimate of drug-likeness (QED) is 0.806. The SMILES string of the molecule is Cc1nc2ccc(CCCCNC(C)(C)C)cc2[nH]1. The molecule has 3 nitrogen and oxygen atoms in total. The van der Waals surface area contributed by atoms with Gasteiger partial charge in [0.1, 0.15) is 5.82 Å². The minimum Gasteiger partial charge on any atom is -0.342 e. The van der Waals surface area contributed by atoms with Crippen molar-refractivity contribution in [2.75, 3.05) is 6.54 Å². The third-order valence-corrected chi connectivity index (χ3v) is 3.21. The molecule has 1 aromatic heterocycles. The molecule has 0 atom stereocenters. The number of hydrogen-bond acceptors (Lipinski definition) is 2. The van der Waals surface area contributed by atoms with Crippen molar-refractivity contribution in [3.63, 3.8) is 0 Å². The summed E-state index contributed by atoms with van der Waals surface area (Å²) in [5.74, 6) is 0.988. The van der Waals surface area contributed by atoms with Crippen LogP contribution in [0.15, 0.2) is 18.2 Å². The molecule has 0 saturated carbocycles. The largest absolute Gasteiger partial charge is 0.342 e. The van der Waals surface area contributed by atoms with Gasteiger partial charge in [0.2, 0.25) is 0 Å². The topological polar surface area (TPSA) is 40.7 Å². The fourth-order valence-corrected chi connectivity index (χ4v) is 2.26. The Labute approximate surface area is 115 Å². The van der Waals surface area contributed by atoms with Crippen LogP contribution >= 0.6 is 0 Å². The predicted molar refractivity (Wildman–Crippen MR) is 81.5 cm³/mol. The van der Waals surface area contributed by atoms with Gasteiger partial charge in [0, 0.05) is 5.54 Å². The lowest BCUT2D eigenvalue weighted by Crippen LogP contribution is -2.36. The Bertz CT molecular complexity index is 534. The van der Waals surface area contributed by atoms with E-state index in [0.29, 0.717) is 0 Å². The van der Waals surface area contributed by atoms with Crippen LogP contribution in [0.3, 0.4) is 0 Å². The molecule has 0 spiro atoms. The van der Waals surface area contributed by atoms with Gasteiger partial charge in [-0.1, -0.05) is 6.07 Å². The molecule has 0 amide bonds. The number of rotatable bonds is 5. The minimum atomic E-state index is 0.229. The number of aromatic amines is 1. The number of fused-ring (bicyclic) bond motifs is 1. The van der Waals surface area contributed by atoms with E-state index in [-0.39, 0.29) is 5.54 Å². The monoisotopic (exact) mass is 259 g/mol. The number of hydrogen-bond donors (Lipinski definition) is 2. The van der Waals surface area contributed by atoms with Gasteiger partial charge < -0.3 is 10.3 Å². The maximum absolute atomic E-state index is 4.43. The summed E-state index contributed by atoms with van der Waals surface area (Å²) < 4.78 is 0. The van der Waals surface area contributed by atoms with Crippen molar-refractivity contribution in [1.29, 1.82) is 0 Å². The second-order valence-corrected chi connectivity index (χ2v) is 6.31. The Balaban J connectivity index is 1.81. The van der Waals surface area contributed by atoms with Crippen molar-refractivity contribution in [3.05, 3.63) is 29.6 Å². The molecule has 2 aromatic rings. The molecular formula is C16H25N3. The van der Waals surface area contributed by atoms with Gasteiger partial charge in [0.05, 0.1) is 11.0 Å². The van der Waals surface area contributed by atoms with Crippen molar-refractivity contribution in [2.24, 2.45) is 0 Å². The molecule has 0 aliphatic carbocycles. The van der Waals surface area contributed by atoms with Gasteiger partial charge in [-0.25, -0.2) is 4.98 Å². The highest BCUT2D eigenvalue weighted by atomic mass is 14.9. The van der Waals surface area contributed by atoms with E-state index < -0.39 is 0 Å². The molecule has 3 heteroatoms. The molecular weight excluding hydrogens is 234 g/mol. The molecule has 104 valence electrons. The highest BCUT2D eigenvalue weighted by molar-refractivity contribution is 5.75. The zero-order valence-electron chi connectivity index (χ0n) is 12.5. The van der Waals surface area contributed by atoms with Crippen molar-refractivity contribution >= 4 is 11.0 Å². The first-order chi connectivity index (χ1) is 8.94. The maximum atomic E-state index is 4.43. The van der Waals surface area contributed by atoms with Crippen LogP contribution in [0.4, 0.5) is 0 Å². The molecule has 1 heterocycles. The Morgan fingerprint density at radius 2 is 2.00 bits per heavy atom. The lowest BCUT2D eigenvalue weighted by Gasteiger charge is -2.20. The second-order valence-electron chi connectivity index (χ2n) is 6.31. The molecule has 2 N–H and O–H groups in total. The van der Waals surface area contributed by atoms with Crippen LogP contribution in [0.2, 0.25) is 0 Å². The summed E-state index contributed by atoms with van der Waals surface area (Å²) in [7, 11) is 0. The summed E-state index contributed by atoms with van der Waals surface area (Å²) in [5, 5.41) is 3.52. The first-order valence-electron chi connectivity index (χ1n) is 7.14. The van der Waals surface area contributed by atoms with Gasteiger partial charge in [-0.05, 0) is 71.2 Å². The highest BCUT2D eigenvalue weighted by Gasteiger charge is 2.07. The second kappa shape index (κ2) is 5.74. The van der Waals surface area contributed by atoms with Crippen LogP contribution in [0, 0.1) is 6.92 Å². The van der Waals surface area contributed by atoms with Crippen LogP contribution in [-0.4, -0.2) is 22.1 Å². The minimum absolute atomic E-state index is 0.229. The van der Waals surface area contributed by atoms with Crippen molar-refractivity contribution in [3.8, 4) is 0 Å². The molecule has 0 saturated heterocycles. The van der Waals surface area contributed by atoms with Gasteiger partial charge in [-0.15, -0.1) is 0 Å². The van der Waals surface area contributed by atoms with E-state index in [1.807, 2.05) is 6.92 Å². The Morgan fingerprint density at radius 1 is 1.21 bits per heavy atom. The molecule has 0 fully saturated rings. The number of aromatic nitrogens is 2. The maximum Gasteiger partial charge on any atom is 0.104 e. The average molecular weight is 259 g/mol. The third kappa shape index (κ3) is 4.35. The Hall–Kier alpha value is -1.35. The van der Waals surface area contributed by atoms with Crippen molar-refractivity contribution < 1.29 is 0 Å². The van der Waals surface area contributed by atoms with Gasteiger partial charge in [0.15, 0.2) is 0 Å². The number of nitrogens with zero attached hydrogens (tertiary/aromatic N) is 1. The van der Waals surface area contributed by atoms with Gasteiger partial charge in [-0.3, -0.25) is 0 Å². The van der Waals surface area contributed by atoms with E-state index in [1.54, 1.807) is 0 Å². The van der Waals surface area contributed by atoms with Crippen LogP contribution in [0.25, 0.3) is 11.0 Å². The van der Waals surface area contributed by atoms with Gasteiger partial charge in [0.25, 0.3) is 0 Å². The van der Waals surface area contributed by atoms with E-state index >= 15 is 0 Å². The standard InChI is InChI=1S/C16H25N3/c1-12-18-14-9-8-13(11-15(14)19-12)7-5-6-10-17-16(2,3)4/h8-9,11,17H,5-7,10H2,1-4H3,(H,18,19). The number of nitrogens with one attached hydrogen (secondary N) is 2. The summed E-state index contributed by atoms with van der Waals surface area (Å²) in [6.07, 6.45) is 3.58. The lowest BCUT2D eigenvalue weighted by molar-refractivity contribution is 0.419. The molecule has 0 radical (unpaired) electrons. The summed E-state index contributed by atoms with van der Waals surface area (Å²) in [4.78, 5) is 7.72. The molecule has 19 heavy (non-hydrogen) atoms. The van der Waals surface area contributed by atoms with Crippen molar-refractivity contribution in [1.82, 2.24) is 15.3 Å². The number of imidazole rings is 1. The smallest absolute Gasteiger partial charge is 0.104 e. The first kappa shape index (κ1) is 14.1. The van der Waals surface area contributed by atoms with E-state index in [1.165, 1.54) is 18.4 Å². The van der Waals surface area contributed by atoms with Gasteiger partial charge in [-0.2, -0.15) is 0 Å². The van der Waals surface area contributed by atoms with Gasteiger partial charge >= 0.3 is 0 Å². The molecule has 1 aromatic carbocycles. The normalized spacial score (nSPS) is 12.2. The Kier molecular flexibility index (Phi) is 4.25. The molecule has 0 aliphatic rings. The molecule has 0 aliphatic heterocycles. The number of unbranched alkanes of at least 4 members (excludes halogenated alkanes) is 1. The van der Waals surface area contributed by atoms with Crippen LogP contribution in [0.5, 0.6) is 0 Å². The number of benzene rings is 1. The first-order valence-corrected chi connectivity index (χ1v) is 7.14. The molecule has 0 bridgehead atoms. The summed E-state index contributed by atoms with van der Waals surface area (Å²) >= 11 is 0. The Morgan fingerprint density at radius 3 is 2.74 bits per heavy atom. The zero-order chi connectivity index (χ0) is 13.9. The predicted octanol–water partition coefficient (Wildman–Crippen LogP) is 3.58. The van der Waals surface area contributed by atoms with Crippen LogP contribution in [-0.2, 0) is 6.42 Å². The number of H-pyrrole nitrogens is 1. The van der Waals surface area contributed by atoms with E-state index in [4.69, 9.17) is 0 Å². The number of aryl methyl sites for hydroxylation is 2. The fraction of sp³-hybridized carbons (Fsp3) is 0.562. The fourth-order valence-electron chi connectivity index (χ4n) is 2.26. The van der Waals surface area contributed by atoms with E-state index in [9.17, 15) is 0 Å². The highest BCUT2D eigenvalue weighted by Crippen LogP contribution is 2.15. The van der Waals surface area contributed by atoms with Crippen LogP contribution < -0.4 is 5.32 Å². The molecule has 2 rings (SSSR count). The van der Waals surface area contributed by atoms with E-state index in [2.05, 4.69) is 54.3 Å². The lowest BCUT2D eigenvalue weighted by atomic mass is 10.1.